The zero-order valence-corrected chi connectivity index (χ0v) is 22.7. The van der Waals surface area contributed by atoms with Crippen LogP contribution in [0.3, 0.4) is 0 Å². The molecule has 4 aromatic rings. The number of hydrogen-bond acceptors (Lipinski definition) is 7. The summed E-state index contributed by atoms with van der Waals surface area (Å²) < 4.78 is 35.2. The van der Waals surface area contributed by atoms with Crippen LogP contribution in [0, 0.1) is 18.2 Å². The Morgan fingerprint density at radius 2 is 1.95 bits per heavy atom. The lowest BCUT2D eigenvalue weighted by atomic mass is 9.95. The molecule has 3 saturated heterocycles. The molecule has 2 atom stereocenters. The molecule has 5 heterocycles. The molecule has 41 heavy (non-hydrogen) atoms. The van der Waals surface area contributed by atoms with Gasteiger partial charge in [0, 0.05) is 43.2 Å². The normalized spacial score (nSPS) is 22.8. The molecule has 0 amide bonds. The number of halogens is 2. The molecule has 0 spiro atoms. The van der Waals surface area contributed by atoms with Crippen LogP contribution in [0.25, 0.3) is 32.9 Å². The van der Waals surface area contributed by atoms with E-state index < -0.39 is 12.0 Å². The molecule has 0 saturated carbocycles. The van der Waals surface area contributed by atoms with Gasteiger partial charge in [0.25, 0.3) is 0 Å². The first-order valence-electron chi connectivity index (χ1n) is 14.3. The van der Waals surface area contributed by atoms with Crippen LogP contribution < -0.4 is 9.64 Å². The smallest absolute Gasteiger partial charge is 0.316 e. The minimum absolute atomic E-state index is 0.0262. The quantitative estimate of drug-likeness (QED) is 0.321. The molecule has 7 rings (SSSR count). The van der Waals surface area contributed by atoms with Gasteiger partial charge >= 0.3 is 6.01 Å². The highest BCUT2D eigenvalue weighted by atomic mass is 19.1. The number of phenols is 1. The molecular weight excluding hydrogens is 524 g/mol. The van der Waals surface area contributed by atoms with Crippen molar-refractivity contribution in [1.29, 1.82) is 0 Å². The number of hydrogen-bond donors (Lipinski definition) is 1. The fourth-order valence-electron chi connectivity index (χ4n) is 6.97. The van der Waals surface area contributed by atoms with Crippen LogP contribution in [0.4, 0.5) is 14.6 Å². The third kappa shape index (κ3) is 4.51. The first kappa shape index (κ1) is 25.9. The van der Waals surface area contributed by atoms with Crippen molar-refractivity contribution in [1.82, 2.24) is 19.9 Å². The highest BCUT2D eigenvalue weighted by Gasteiger charge is 2.49. The van der Waals surface area contributed by atoms with Crippen molar-refractivity contribution in [2.24, 2.45) is 0 Å². The fourth-order valence-corrected chi connectivity index (χ4v) is 6.97. The molecule has 2 aromatic heterocycles. The molecule has 0 aliphatic carbocycles. The van der Waals surface area contributed by atoms with Crippen molar-refractivity contribution in [3.8, 4) is 35.4 Å². The second-order valence-electron chi connectivity index (χ2n) is 11.5. The first-order chi connectivity index (χ1) is 19.9. The van der Waals surface area contributed by atoms with Gasteiger partial charge in [-0.2, -0.15) is 4.98 Å². The van der Waals surface area contributed by atoms with Crippen molar-refractivity contribution in [2.45, 2.75) is 50.2 Å². The third-order valence-corrected chi connectivity index (χ3v) is 8.90. The van der Waals surface area contributed by atoms with Crippen LogP contribution in [0.1, 0.15) is 44.1 Å². The molecule has 2 aromatic carbocycles. The van der Waals surface area contributed by atoms with Crippen molar-refractivity contribution < 1.29 is 18.6 Å². The van der Waals surface area contributed by atoms with E-state index in [4.69, 9.17) is 21.1 Å². The highest BCUT2D eigenvalue weighted by Crippen LogP contribution is 2.41. The summed E-state index contributed by atoms with van der Waals surface area (Å²) in [6, 6.07) is 8.08. The second kappa shape index (κ2) is 10.1. The van der Waals surface area contributed by atoms with Crippen molar-refractivity contribution in [3.63, 3.8) is 0 Å². The number of alkyl halides is 1. The lowest BCUT2D eigenvalue weighted by molar-refractivity contribution is 0.107. The van der Waals surface area contributed by atoms with Gasteiger partial charge < -0.3 is 14.7 Å². The van der Waals surface area contributed by atoms with Crippen LogP contribution in [0.5, 0.6) is 11.8 Å². The Balaban J connectivity index is 1.35. The Labute approximate surface area is 237 Å². The minimum Gasteiger partial charge on any atom is -0.508 e. The summed E-state index contributed by atoms with van der Waals surface area (Å²) in [6.45, 7) is 3.36. The van der Waals surface area contributed by atoms with Gasteiger partial charge in [0.2, 0.25) is 0 Å². The number of piperidine rings is 1. The average Bonchev–Trinajstić information content (AvgIpc) is 3.51. The first-order valence-corrected chi connectivity index (χ1v) is 14.3. The SMILES string of the molecule is C#Cc1c(F)ccc2cc(O)cc(-c3cc4nc(OC[C@@]56CCCN5C[C@H](F)C6)ncc4c(N4CCCCC4)n3)c12. The summed E-state index contributed by atoms with van der Waals surface area (Å²) >= 11 is 0. The summed E-state index contributed by atoms with van der Waals surface area (Å²) in [5.74, 6) is 2.73. The number of terminal acetylenes is 1. The number of fused-ring (bicyclic) bond motifs is 3. The summed E-state index contributed by atoms with van der Waals surface area (Å²) in [4.78, 5) is 18.8. The maximum Gasteiger partial charge on any atom is 0.316 e. The molecule has 0 unspecified atom stereocenters. The van der Waals surface area contributed by atoms with E-state index in [-0.39, 0.29) is 22.9 Å². The summed E-state index contributed by atoms with van der Waals surface area (Å²) in [5, 5.41) is 12.5. The van der Waals surface area contributed by atoms with Gasteiger partial charge in [0.15, 0.2) is 0 Å². The number of aromatic nitrogens is 3. The van der Waals surface area contributed by atoms with Gasteiger partial charge in [-0.15, -0.1) is 6.42 Å². The van der Waals surface area contributed by atoms with E-state index in [1.54, 1.807) is 24.4 Å². The summed E-state index contributed by atoms with van der Waals surface area (Å²) in [5.41, 5.74) is 1.47. The Morgan fingerprint density at radius 3 is 2.78 bits per heavy atom. The zero-order valence-electron chi connectivity index (χ0n) is 22.7. The van der Waals surface area contributed by atoms with Gasteiger partial charge in [0.1, 0.15) is 30.2 Å². The van der Waals surface area contributed by atoms with Crippen LogP contribution in [-0.4, -0.2) is 69.5 Å². The third-order valence-electron chi connectivity index (χ3n) is 8.90. The number of anilines is 1. The van der Waals surface area contributed by atoms with E-state index in [9.17, 15) is 13.9 Å². The predicted octanol–water partition coefficient (Wildman–Crippen LogP) is 5.62. The van der Waals surface area contributed by atoms with Crippen LogP contribution in [0.2, 0.25) is 0 Å². The lowest BCUT2D eigenvalue weighted by Crippen LogP contribution is -2.43. The van der Waals surface area contributed by atoms with Gasteiger partial charge in [-0.25, -0.2) is 18.7 Å². The van der Waals surface area contributed by atoms with Gasteiger partial charge in [0.05, 0.1) is 27.7 Å². The van der Waals surface area contributed by atoms with E-state index in [1.807, 2.05) is 6.07 Å². The number of pyridine rings is 1. The molecule has 210 valence electrons. The van der Waals surface area contributed by atoms with Gasteiger partial charge in [-0.3, -0.25) is 4.90 Å². The maximum atomic E-state index is 14.8. The highest BCUT2D eigenvalue weighted by molar-refractivity contribution is 6.03. The van der Waals surface area contributed by atoms with Crippen LogP contribution in [0.15, 0.2) is 36.5 Å². The molecule has 0 bridgehead atoms. The number of ether oxygens (including phenoxy) is 1. The number of benzene rings is 2. The Bertz CT molecular complexity index is 1700. The van der Waals surface area contributed by atoms with Crippen LogP contribution in [-0.2, 0) is 0 Å². The summed E-state index contributed by atoms with van der Waals surface area (Å²) in [6.07, 6.45) is 12.3. The topological polar surface area (TPSA) is 74.6 Å². The molecule has 9 heteroatoms. The Hall–Kier alpha value is -4.03. The zero-order chi connectivity index (χ0) is 28.1. The van der Waals surface area contributed by atoms with Crippen LogP contribution >= 0.6 is 0 Å². The van der Waals surface area contributed by atoms with E-state index in [1.165, 1.54) is 6.07 Å². The average molecular weight is 556 g/mol. The fraction of sp³-hybridized carbons (Fsp3) is 0.406. The second-order valence-corrected chi connectivity index (χ2v) is 11.5. The number of aromatic hydroxyl groups is 1. The molecule has 3 fully saturated rings. The Morgan fingerprint density at radius 1 is 1.10 bits per heavy atom. The Kier molecular flexibility index (Phi) is 6.39. The lowest BCUT2D eigenvalue weighted by Gasteiger charge is -2.31. The van der Waals surface area contributed by atoms with Gasteiger partial charge in [-0.05, 0) is 68.3 Å². The van der Waals surface area contributed by atoms with E-state index in [2.05, 4.69) is 20.7 Å². The molecule has 7 nitrogen and oxygen atoms in total. The van der Waals surface area contributed by atoms with Crippen molar-refractivity contribution in [3.05, 3.63) is 47.9 Å². The van der Waals surface area contributed by atoms with Gasteiger partial charge in [-0.1, -0.05) is 12.0 Å². The number of nitrogens with zero attached hydrogens (tertiary/aromatic N) is 5. The molecule has 0 radical (unpaired) electrons. The van der Waals surface area contributed by atoms with Crippen molar-refractivity contribution in [2.75, 3.05) is 37.7 Å². The summed E-state index contributed by atoms with van der Waals surface area (Å²) in [7, 11) is 0. The predicted molar refractivity (Wildman–Crippen MR) is 154 cm³/mol. The molecule has 3 aliphatic rings. The number of phenolic OH excluding ortho intramolecular Hbond substituents is 1. The van der Waals surface area contributed by atoms with Crippen molar-refractivity contribution >= 4 is 27.5 Å². The number of rotatable bonds is 5. The van der Waals surface area contributed by atoms with E-state index in [0.717, 1.165) is 62.9 Å². The van der Waals surface area contributed by atoms with E-state index in [0.29, 0.717) is 47.1 Å². The maximum absolute atomic E-state index is 14.8. The molecular formula is C32H31F2N5O2. The largest absolute Gasteiger partial charge is 0.508 e. The standard InChI is InChI=1S/C32H31F2N5O2/c1-2-23-26(34)8-7-20-13-22(40)14-24(29(20)23)27-15-28-25(30(36-27)38-10-4-3-5-11-38)17-35-31(37-28)41-19-32-9-6-12-39(32)18-21(33)16-32/h1,7-8,13-15,17,21,40H,3-6,9-12,16,18-19H2/t21-,32+/m1/s1. The monoisotopic (exact) mass is 555 g/mol. The van der Waals surface area contributed by atoms with E-state index >= 15 is 0 Å². The molecule has 3 aliphatic heterocycles. The minimum atomic E-state index is -0.841. The molecule has 1 N–H and O–H groups in total.